The monoisotopic (exact) mass is 690 g/mol. The maximum atomic E-state index is 2.41. The summed E-state index contributed by atoms with van der Waals surface area (Å²) in [6, 6.07) is 26.7. The van der Waals surface area contributed by atoms with Gasteiger partial charge < -0.3 is 28.9 Å². The number of hydrogen-bond donors (Lipinski definition) is 0. The highest BCUT2D eigenvalue weighted by molar-refractivity contribution is 6.07. The molecular weight excluding hydrogens is 647 g/mol. The number of nitrogens with zero attached hydrogens (tertiary/aromatic N) is 2. The number of allylic oxidation sites excluding steroid dienone is 8. The molecule has 0 unspecified atom stereocenters. The van der Waals surface area contributed by atoms with Gasteiger partial charge in [0.15, 0.2) is 5.71 Å². The van der Waals surface area contributed by atoms with Crippen molar-refractivity contribution in [1.29, 1.82) is 0 Å². The van der Waals surface area contributed by atoms with Crippen LogP contribution >= 0.6 is 0 Å². The molecule has 0 saturated heterocycles. The maximum Gasteiger partial charge on any atom is 0.210 e. The molecule has 4 aromatic carbocycles. The van der Waals surface area contributed by atoms with Crippen LogP contribution in [0.3, 0.4) is 0 Å². The van der Waals surface area contributed by atoms with Gasteiger partial charge in [-0.1, -0.05) is 80.6 Å². The van der Waals surface area contributed by atoms with Crippen LogP contribution in [-0.4, -0.2) is 24.4 Å². The molecule has 2 nitrogen and oxygen atoms in total. The normalized spacial score (nSPS) is 20.8. The van der Waals surface area contributed by atoms with E-state index >= 15 is 0 Å². The molecular formula is C41H43IN2. The van der Waals surface area contributed by atoms with Gasteiger partial charge in [0.2, 0.25) is 5.69 Å². The van der Waals surface area contributed by atoms with Gasteiger partial charge in [0.05, 0.1) is 5.41 Å². The third kappa shape index (κ3) is 4.62. The molecule has 0 bridgehead atoms. The quantitative estimate of drug-likeness (QED) is 0.162. The molecule has 0 spiro atoms. The summed E-state index contributed by atoms with van der Waals surface area (Å²) < 4.78 is 2.40. The van der Waals surface area contributed by atoms with E-state index in [4.69, 9.17) is 0 Å². The van der Waals surface area contributed by atoms with Crippen molar-refractivity contribution >= 4 is 38.6 Å². The van der Waals surface area contributed by atoms with Gasteiger partial charge in [0, 0.05) is 41.6 Å². The smallest absolute Gasteiger partial charge is 0.210 e. The predicted octanol–water partition coefficient (Wildman–Crippen LogP) is 7.30. The summed E-state index contributed by atoms with van der Waals surface area (Å²) in [6.07, 6.45) is 13.1. The highest BCUT2D eigenvalue weighted by atomic mass is 127. The first-order valence-corrected chi connectivity index (χ1v) is 15.8. The summed E-state index contributed by atoms with van der Waals surface area (Å²) >= 11 is 0. The fourth-order valence-electron chi connectivity index (χ4n) is 8.21. The van der Waals surface area contributed by atoms with Crippen molar-refractivity contribution < 1.29 is 28.6 Å². The molecule has 2 aliphatic heterocycles. The second-order valence-electron chi connectivity index (χ2n) is 13.7. The molecule has 0 saturated carbocycles. The summed E-state index contributed by atoms with van der Waals surface area (Å²) in [7, 11) is 4.45. The molecule has 0 fully saturated rings. The van der Waals surface area contributed by atoms with E-state index in [0.29, 0.717) is 0 Å². The van der Waals surface area contributed by atoms with Gasteiger partial charge in [0.25, 0.3) is 0 Å². The van der Waals surface area contributed by atoms with Crippen LogP contribution in [0.2, 0.25) is 0 Å². The van der Waals surface area contributed by atoms with Crippen LogP contribution in [0.1, 0.15) is 65.0 Å². The van der Waals surface area contributed by atoms with Crippen LogP contribution in [0.5, 0.6) is 0 Å². The van der Waals surface area contributed by atoms with Crippen LogP contribution in [0, 0.1) is 0 Å². The van der Waals surface area contributed by atoms with Gasteiger partial charge >= 0.3 is 0 Å². The highest BCUT2D eigenvalue weighted by Crippen LogP contribution is 2.50. The molecule has 44 heavy (non-hydrogen) atoms. The zero-order valence-electron chi connectivity index (χ0n) is 27.1. The minimum absolute atomic E-state index is 0. The summed E-state index contributed by atoms with van der Waals surface area (Å²) in [5, 5.41) is 5.35. The van der Waals surface area contributed by atoms with Crippen LogP contribution in [-0.2, 0) is 10.8 Å². The fraction of sp³-hybridized carbons (Fsp3) is 0.293. The Morgan fingerprint density at radius 1 is 0.727 bits per heavy atom. The molecule has 3 heteroatoms. The second kappa shape index (κ2) is 11.2. The van der Waals surface area contributed by atoms with E-state index in [9.17, 15) is 0 Å². The topological polar surface area (TPSA) is 6.25 Å². The van der Waals surface area contributed by atoms with Crippen molar-refractivity contribution in [2.75, 3.05) is 19.0 Å². The molecule has 0 atom stereocenters. The molecule has 3 aliphatic rings. The van der Waals surface area contributed by atoms with E-state index in [1.165, 1.54) is 78.6 Å². The molecule has 7 rings (SSSR count). The Hall–Kier alpha value is -3.44. The lowest BCUT2D eigenvalue weighted by molar-refractivity contribution is -0.401. The average molecular weight is 691 g/mol. The van der Waals surface area contributed by atoms with Gasteiger partial charge in [-0.15, -0.1) is 0 Å². The van der Waals surface area contributed by atoms with Crippen molar-refractivity contribution in [2.24, 2.45) is 0 Å². The first-order chi connectivity index (χ1) is 20.6. The SMILES string of the molecule is CC1=C(/C=C/C2=[N+](C)c3ccc4ccccc4c3C2(C)C)CCC/C1=C\C=C1\N(C)c2ccc3ccccc3c2C1(C)C.[I-]. The van der Waals surface area contributed by atoms with E-state index in [1.54, 1.807) is 0 Å². The number of likely N-dealkylation sites (N-methyl/N-ethyl adjacent to an activating group) is 1. The average Bonchev–Trinajstić information content (AvgIpc) is 3.33. The predicted molar refractivity (Wildman–Crippen MR) is 185 cm³/mol. The lowest BCUT2D eigenvalue weighted by atomic mass is 9.78. The Morgan fingerprint density at radius 3 is 2.07 bits per heavy atom. The maximum absolute atomic E-state index is 2.41. The van der Waals surface area contributed by atoms with Crippen molar-refractivity contribution in [3.05, 3.63) is 131 Å². The Labute approximate surface area is 280 Å². The first-order valence-electron chi connectivity index (χ1n) is 15.8. The minimum atomic E-state index is -0.0640. The Kier molecular flexibility index (Phi) is 7.76. The number of halogens is 1. The first kappa shape index (κ1) is 30.6. The number of fused-ring (bicyclic) bond motifs is 6. The Morgan fingerprint density at radius 2 is 1.36 bits per heavy atom. The van der Waals surface area contributed by atoms with E-state index in [-0.39, 0.29) is 34.8 Å². The zero-order chi connectivity index (χ0) is 30.1. The number of anilines is 1. The van der Waals surface area contributed by atoms with Gasteiger partial charge in [-0.3, -0.25) is 0 Å². The lowest BCUT2D eigenvalue weighted by Crippen LogP contribution is -3.00. The Bertz CT molecular complexity index is 1980. The molecule has 224 valence electrons. The molecule has 0 radical (unpaired) electrons. The zero-order valence-corrected chi connectivity index (χ0v) is 29.3. The van der Waals surface area contributed by atoms with Gasteiger partial charge in [0.1, 0.15) is 7.05 Å². The van der Waals surface area contributed by atoms with E-state index < -0.39 is 0 Å². The van der Waals surface area contributed by atoms with Gasteiger partial charge in [-0.25, -0.2) is 0 Å². The van der Waals surface area contributed by atoms with Crippen LogP contribution in [0.15, 0.2) is 120 Å². The lowest BCUT2D eigenvalue weighted by Gasteiger charge is -2.25. The van der Waals surface area contributed by atoms with Crippen LogP contribution in [0.4, 0.5) is 11.4 Å². The molecule has 4 aromatic rings. The number of rotatable bonds is 3. The molecule has 0 amide bonds. The fourth-order valence-corrected chi connectivity index (χ4v) is 8.21. The molecule has 2 heterocycles. The van der Waals surface area contributed by atoms with Crippen LogP contribution in [0.25, 0.3) is 21.5 Å². The molecule has 0 N–H and O–H groups in total. The van der Waals surface area contributed by atoms with Crippen molar-refractivity contribution in [1.82, 2.24) is 0 Å². The van der Waals surface area contributed by atoms with E-state index in [0.717, 1.165) is 12.8 Å². The highest BCUT2D eigenvalue weighted by Gasteiger charge is 2.44. The standard InChI is InChI=1S/C41H43N2.HI/c1-27-28(21-25-36-40(2,3)38-32-17-10-8-13-30(32)19-23-34(38)42(36)6)15-12-16-29(27)22-26-37-41(4,5)39-33-18-11-9-14-31(33)20-24-35(39)43(37)7;/h8-11,13-14,17-26H,12,15-16H2,1-7H3;1H/q+1;/p-1. The minimum Gasteiger partial charge on any atom is -1.00 e. The summed E-state index contributed by atoms with van der Waals surface area (Å²) in [4.78, 5) is 2.40. The largest absolute Gasteiger partial charge is 1.00 e. The van der Waals surface area contributed by atoms with Crippen molar-refractivity contribution in [3.63, 3.8) is 0 Å². The Balaban J connectivity index is 0.00000343. The molecule has 1 aliphatic carbocycles. The van der Waals surface area contributed by atoms with Gasteiger partial charge in [-0.05, 0) is 102 Å². The summed E-state index contributed by atoms with van der Waals surface area (Å²) in [5.74, 6) is 0. The van der Waals surface area contributed by atoms with Gasteiger partial charge in [-0.2, -0.15) is 4.58 Å². The molecule has 0 aromatic heterocycles. The van der Waals surface area contributed by atoms with E-state index in [2.05, 4.69) is 155 Å². The summed E-state index contributed by atoms with van der Waals surface area (Å²) in [6.45, 7) is 11.8. The van der Waals surface area contributed by atoms with Crippen molar-refractivity contribution in [3.8, 4) is 0 Å². The third-order valence-electron chi connectivity index (χ3n) is 10.5. The third-order valence-corrected chi connectivity index (χ3v) is 10.5. The van der Waals surface area contributed by atoms with Crippen LogP contribution < -0.4 is 28.9 Å². The van der Waals surface area contributed by atoms with E-state index in [1.807, 2.05) is 0 Å². The van der Waals surface area contributed by atoms with Crippen molar-refractivity contribution in [2.45, 2.75) is 64.7 Å². The number of hydrogen-bond acceptors (Lipinski definition) is 1. The summed E-state index contributed by atoms with van der Waals surface area (Å²) in [5.41, 5.74) is 12.5. The second-order valence-corrected chi connectivity index (χ2v) is 13.7. The number of benzene rings is 4.